The molecule has 1 aromatic rings. The van der Waals surface area contributed by atoms with Crippen molar-refractivity contribution in [1.82, 2.24) is 0 Å². The predicted octanol–water partition coefficient (Wildman–Crippen LogP) is 3.61. The summed E-state index contributed by atoms with van der Waals surface area (Å²) in [7, 11) is -3.65. The molecule has 0 spiro atoms. The van der Waals surface area contributed by atoms with Crippen LogP contribution in [0.1, 0.15) is 31.7 Å². The molecular formula is C19H24O4S. The third kappa shape index (κ3) is 5.06. The van der Waals surface area contributed by atoms with E-state index in [0.717, 1.165) is 30.4 Å². The third-order valence-electron chi connectivity index (χ3n) is 4.31. The van der Waals surface area contributed by atoms with Gasteiger partial charge in [0, 0.05) is 0 Å². The van der Waals surface area contributed by atoms with Crippen LogP contribution in [0.3, 0.4) is 0 Å². The average Bonchev–Trinajstić information content (AvgIpc) is 2.53. The summed E-state index contributed by atoms with van der Waals surface area (Å²) in [5.74, 6) is -0.845. The first-order valence-corrected chi connectivity index (χ1v) is 9.71. The molecule has 0 saturated heterocycles. The molecule has 1 aromatic carbocycles. The minimum Gasteiger partial charge on any atom is -0.460 e. The van der Waals surface area contributed by atoms with Crippen LogP contribution in [0.25, 0.3) is 0 Å². The lowest BCUT2D eigenvalue weighted by molar-refractivity contribution is -0.139. The SMILES string of the molecule is C=C(C)[C@@H]1CC=C(COC(=O)CS(=O)(=O)c2ccc(C)cc2)CC1. The molecule has 0 saturated carbocycles. The van der Waals surface area contributed by atoms with E-state index in [1.54, 1.807) is 12.1 Å². The van der Waals surface area contributed by atoms with Crippen LogP contribution in [-0.2, 0) is 19.4 Å². The molecule has 1 aliphatic carbocycles. The van der Waals surface area contributed by atoms with Crippen LogP contribution < -0.4 is 0 Å². The minimum absolute atomic E-state index is 0.145. The summed E-state index contributed by atoms with van der Waals surface area (Å²) < 4.78 is 29.5. The zero-order valence-corrected chi connectivity index (χ0v) is 15.1. The molecule has 24 heavy (non-hydrogen) atoms. The number of benzene rings is 1. The van der Waals surface area contributed by atoms with Crippen molar-refractivity contribution in [3.05, 3.63) is 53.6 Å². The standard InChI is InChI=1S/C19H24O4S/c1-14(2)17-8-6-16(7-9-17)12-23-19(20)13-24(21,22)18-10-4-15(3)5-11-18/h4-6,10-11,17H,1,7-9,12-13H2,2-3H3/t17-/m1/s1. The average molecular weight is 348 g/mol. The molecule has 5 heteroatoms. The number of allylic oxidation sites excluding steroid dienone is 2. The van der Waals surface area contributed by atoms with Crippen LogP contribution in [-0.4, -0.2) is 26.7 Å². The number of sulfone groups is 1. The lowest BCUT2D eigenvalue weighted by Gasteiger charge is -2.21. The molecule has 0 aromatic heterocycles. The van der Waals surface area contributed by atoms with Crippen molar-refractivity contribution >= 4 is 15.8 Å². The lowest BCUT2D eigenvalue weighted by Crippen LogP contribution is -2.20. The van der Waals surface area contributed by atoms with Crippen molar-refractivity contribution in [2.24, 2.45) is 5.92 Å². The zero-order valence-electron chi connectivity index (χ0n) is 14.2. The molecule has 0 unspecified atom stereocenters. The highest BCUT2D eigenvalue weighted by atomic mass is 32.2. The Morgan fingerprint density at radius 3 is 2.50 bits per heavy atom. The van der Waals surface area contributed by atoms with E-state index < -0.39 is 21.6 Å². The summed E-state index contributed by atoms with van der Waals surface area (Å²) in [6.07, 6.45) is 4.84. The fraction of sp³-hybridized carbons (Fsp3) is 0.421. The summed E-state index contributed by atoms with van der Waals surface area (Å²) in [6, 6.07) is 6.45. The number of aryl methyl sites for hydroxylation is 1. The highest BCUT2D eigenvalue weighted by Crippen LogP contribution is 2.28. The molecule has 0 amide bonds. The van der Waals surface area contributed by atoms with E-state index in [1.807, 2.05) is 13.8 Å². The number of rotatable bonds is 6. The highest BCUT2D eigenvalue weighted by molar-refractivity contribution is 7.92. The highest BCUT2D eigenvalue weighted by Gasteiger charge is 2.21. The van der Waals surface area contributed by atoms with Gasteiger partial charge in [-0.2, -0.15) is 0 Å². The maximum atomic E-state index is 12.2. The first-order valence-electron chi connectivity index (χ1n) is 8.06. The fourth-order valence-electron chi connectivity index (χ4n) is 2.67. The lowest BCUT2D eigenvalue weighted by atomic mass is 9.86. The second kappa shape index (κ2) is 7.79. The topological polar surface area (TPSA) is 60.4 Å². The number of hydrogen-bond acceptors (Lipinski definition) is 4. The number of ether oxygens (including phenoxy) is 1. The van der Waals surface area contributed by atoms with E-state index in [2.05, 4.69) is 12.7 Å². The van der Waals surface area contributed by atoms with Crippen LogP contribution in [0, 0.1) is 12.8 Å². The fourth-order valence-corrected chi connectivity index (χ4v) is 3.78. The van der Waals surface area contributed by atoms with Crippen molar-refractivity contribution in [2.45, 2.75) is 38.0 Å². The van der Waals surface area contributed by atoms with Gasteiger partial charge in [0.05, 0.1) is 4.90 Å². The Hall–Kier alpha value is -1.88. The smallest absolute Gasteiger partial charge is 0.321 e. The molecule has 2 rings (SSSR count). The summed E-state index contributed by atoms with van der Waals surface area (Å²) in [5.41, 5.74) is 3.19. The minimum atomic E-state index is -3.65. The Balaban J connectivity index is 1.87. The quantitative estimate of drug-likeness (QED) is 0.582. The monoisotopic (exact) mass is 348 g/mol. The van der Waals surface area contributed by atoms with Gasteiger partial charge in [0.25, 0.3) is 0 Å². The molecule has 0 fully saturated rings. The maximum absolute atomic E-state index is 12.2. The molecule has 0 heterocycles. The second-order valence-corrected chi connectivity index (χ2v) is 8.40. The molecule has 1 aliphatic rings. The molecule has 4 nitrogen and oxygen atoms in total. The van der Waals surface area contributed by atoms with Gasteiger partial charge in [0.1, 0.15) is 6.61 Å². The predicted molar refractivity (Wildman–Crippen MR) is 94.4 cm³/mol. The van der Waals surface area contributed by atoms with Crippen molar-refractivity contribution in [3.8, 4) is 0 Å². The summed E-state index contributed by atoms with van der Waals surface area (Å²) >= 11 is 0. The van der Waals surface area contributed by atoms with Crippen LogP contribution in [0.5, 0.6) is 0 Å². The number of carbonyl (C=O) groups is 1. The van der Waals surface area contributed by atoms with Crippen LogP contribution in [0.4, 0.5) is 0 Å². The van der Waals surface area contributed by atoms with E-state index in [4.69, 9.17) is 4.74 Å². The van der Waals surface area contributed by atoms with Gasteiger partial charge in [0.15, 0.2) is 15.6 Å². The van der Waals surface area contributed by atoms with E-state index in [9.17, 15) is 13.2 Å². The van der Waals surface area contributed by atoms with E-state index in [0.29, 0.717) is 5.92 Å². The van der Waals surface area contributed by atoms with Gasteiger partial charge < -0.3 is 4.74 Å². The summed E-state index contributed by atoms with van der Waals surface area (Å²) in [4.78, 5) is 12.0. The Morgan fingerprint density at radius 2 is 1.96 bits per heavy atom. The second-order valence-electron chi connectivity index (χ2n) is 6.41. The largest absolute Gasteiger partial charge is 0.460 e. The van der Waals surface area contributed by atoms with E-state index in [-0.39, 0.29) is 11.5 Å². The van der Waals surface area contributed by atoms with Gasteiger partial charge in [-0.25, -0.2) is 8.42 Å². The van der Waals surface area contributed by atoms with Crippen LogP contribution in [0.2, 0.25) is 0 Å². The Kier molecular flexibility index (Phi) is 5.99. The normalized spacial score (nSPS) is 17.9. The van der Waals surface area contributed by atoms with Crippen molar-refractivity contribution in [1.29, 1.82) is 0 Å². The van der Waals surface area contributed by atoms with Gasteiger partial charge in [0.2, 0.25) is 0 Å². The maximum Gasteiger partial charge on any atom is 0.321 e. The summed E-state index contributed by atoms with van der Waals surface area (Å²) in [5, 5.41) is 0. The van der Waals surface area contributed by atoms with Crippen molar-refractivity contribution in [3.63, 3.8) is 0 Å². The van der Waals surface area contributed by atoms with Gasteiger partial charge in [-0.3, -0.25) is 4.79 Å². The number of hydrogen-bond donors (Lipinski definition) is 0. The Morgan fingerprint density at radius 1 is 1.29 bits per heavy atom. The molecule has 0 radical (unpaired) electrons. The first-order chi connectivity index (χ1) is 11.3. The molecule has 0 bridgehead atoms. The van der Waals surface area contributed by atoms with Gasteiger partial charge >= 0.3 is 5.97 Å². The molecule has 0 aliphatic heterocycles. The Labute approximate surface area is 144 Å². The molecule has 0 N–H and O–H groups in total. The van der Waals surface area contributed by atoms with Crippen molar-refractivity contribution < 1.29 is 17.9 Å². The molecular weight excluding hydrogens is 324 g/mol. The van der Waals surface area contributed by atoms with E-state index in [1.165, 1.54) is 17.7 Å². The van der Waals surface area contributed by atoms with Crippen molar-refractivity contribution in [2.75, 3.05) is 12.4 Å². The number of carbonyl (C=O) groups excluding carboxylic acids is 1. The van der Waals surface area contributed by atoms with Crippen LogP contribution >= 0.6 is 0 Å². The van der Waals surface area contributed by atoms with Gasteiger partial charge in [-0.15, -0.1) is 0 Å². The summed E-state index contributed by atoms with van der Waals surface area (Å²) in [6.45, 7) is 8.05. The first kappa shape index (κ1) is 18.5. The van der Waals surface area contributed by atoms with Gasteiger partial charge in [-0.1, -0.05) is 35.9 Å². The Bertz CT molecular complexity index is 742. The number of esters is 1. The molecule has 130 valence electrons. The third-order valence-corrected chi connectivity index (χ3v) is 5.91. The van der Waals surface area contributed by atoms with Crippen LogP contribution in [0.15, 0.2) is 53.0 Å². The molecule has 1 atom stereocenters. The zero-order chi connectivity index (χ0) is 17.7. The van der Waals surface area contributed by atoms with E-state index >= 15 is 0 Å². The van der Waals surface area contributed by atoms with Gasteiger partial charge in [-0.05, 0) is 56.7 Å².